The maximum Gasteiger partial charge on any atom is 0.354 e. The molecule has 0 aliphatic heterocycles. The molecular formula is C10H7F3N6O2. The fourth-order valence-corrected chi connectivity index (χ4v) is 1.53. The summed E-state index contributed by atoms with van der Waals surface area (Å²) in [5.41, 5.74) is 0.451. The standard InChI is InChI=1S/C10H7F3N6O2/c11-4-1-5(12)7(6(13)2-4)17-9-8(19(20)21)10(18-14)16-3-15-9/h1-3H,14H2,(H2,15,16,17,18). The van der Waals surface area contributed by atoms with E-state index in [9.17, 15) is 23.3 Å². The molecule has 0 aliphatic carbocycles. The average molecular weight is 300 g/mol. The Morgan fingerprint density at radius 3 is 2.24 bits per heavy atom. The third-order valence-electron chi connectivity index (χ3n) is 2.39. The molecule has 0 radical (unpaired) electrons. The van der Waals surface area contributed by atoms with Crippen molar-refractivity contribution in [2.24, 2.45) is 5.84 Å². The third kappa shape index (κ3) is 2.81. The fourth-order valence-electron chi connectivity index (χ4n) is 1.53. The molecule has 110 valence electrons. The van der Waals surface area contributed by atoms with Crippen molar-refractivity contribution in [1.29, 1.82) is 0 Å². The number of nitrogens with zero attached hydrogens (tertiary/aromatic N) is 3. The highest BCUT2D eigenvalue weighted by atomic mass is 19.1. The van der Waals surface area contributed by atoms with Gasteiger partial charge in [-0.2, -0.15) is 0 Å². The van der Waals surface area contributed by atoms with Crippen LogP contribution in [0.25, 0.3) is 0 Å². The number of nitrogens with one attached hydrogen (secondary N) is 2. The number of hydrogen-bond acceptors (Lipinski definition) is 7. The highest BCUT2D eigenvalue weighted by Crippen LogP contribution is 2.32. The van der Waals surface area contributed by atoms with Crippen molar-refractivity contribution in [3.63, 3.8) is 0 Å². The summed E-state index contributed by atoms with van der Waals surface area (Å²) >= 11 is 0. The van der Waals surface area contributed by atoms with Crippen LogP contribution in [0.15, 0.2) is 18.5 Å². The van der Waals surface area contributed by atoms with Crippen molar-refractivity contribution in [2.75, 3.05) is 10.7 Å². The topological polar surface area (TPSA) is 119 Å². The second kappa shape index (κ2) is 5.58. The van der Waals surface area contributed by atoms with Gasteiger partial charge in [-0.05, 0) is 0 Å². The minimum absolute atomic E-state index is 0.361. The highest BCUT2D eigenvalue weighted by Gasteiger charge is 2.24. The van der Waals surface area contributed by atoms with Crippen molar-refractivity contribution in [3.8, 4) is 0 Å². The number of benzene rings is 1. The third-order valence-corrected chi connectivity index (χ3v) is 2.39. The molecule has 0 amide bonds. The number of hydrogen-bond donors (Lipinski definition) is 3. The SMILES string of the molecule is NNc1ncnc(Nc2c(F)cc(F)cc2F)c1[N+](=O)[O-]. The smallest absolute Gasteiger partial charge is 0.329 e. The Morgan fingerprint density at radius 2 is 1.71 bits per heavy atom. The van der Waals surface area contributed by atoms with E-state index in [1.54, 1.807) is 0 Å². The molecular weight excluding hydrogens is 293 g/mol. The molecule has 0 spiro atoms. The van der Waals surface area contributed by atoms with Crippen LogP contribution in [0.1, 0.15) is 0 Å². The lowest BCUT2D eigenvalue weighted by molar-refractivity contribution is -0.383. The summed E-state index contributed by atoms with van der Waals surface area (Å²) in [5.74, 6) is 0.514. The fraction of sp³-hybridized carbons (Fsp3) is 0. The second-order valence-corrected chi connectivity index (χ2v) is 3.69. The van der Waals surface area contributed by atoms with Crippen LogP contribution in [-0.4, -0.2) is 14.9 Å². The zero-order chi connectivity index (χ0) is 15.6. The van der Waals surface area contributed by atoms with Crippen molar-refractivity contribution in [2.45, 2.75) is 0 Å². The zero-order valence-corrected chi connectivity index (χ0v) is 10.1. The number of aromatic nitrogens is 2. The Balaban J connectivity index is 2.52. The molecule has 0 saturated carbocycles. The van der Waals surface area contributed by atoms with Gasteiger partial charge >= 0.3 is 5.69 Å². The molecule has 4 N–H and O–H groups in total. The Hall–Kier alpha value is -2.95. The first kappa shape index (κ1) is 14.5. The minimum Gasteiger partial charge on any atom is -0.329 e. The van der Waals surface area contributed by atoms with Crippen molar-refractivity contribution in [1.82, 2.24) is 9.97 Å². The van der Waals surface area contributed by atoms with Crippen molar-refractivity contribution >= 4 is 23.0 Å². The highest BCUT2D eigenvalue weighted by molar-refractivity contribution is 5.73. The maximum atomic E-state index is 13.5. The predicted octanol–water partition coefficient (Wildman–Crippen LogP) is 1.83. The number of halogens is 3. The quantitative estimate of drug-likeness (QED) is 0.447. The van der Waals surface area contributed by atoms with Gasteiger partial charge in [0, 0.05) is 12.1 Å². The van der Waals surface area contributed by atoms with E-state index in [4.69, 9.17) is 5.84 Å². The summed E-state index contributed by atoms with van der Waals surface area (Å²) in [6.45, 7) is 0. The molecule has 1 aromatic carbocycles. The molecule has 8 nitrogen and oxygen atoms in total. The van der Waals surface area contributed by atoms with Gasteiger partial charge in [0.15, 0.2) is 11.6 Å². The summed E-state index contributed by atoms with van der Waals surface area (Å²) in [7, 11) is 0. The van der Waals surface area contributed by atoms with E-state index in [2.05, 4.69) is 15.3 Å². The van der Waals surface area contributed by atoms with E-state index in [-0.39, 0.29) is 5.82 Å². The predicted molar refractivity (Wildman–Crippen MR) is 66.1 cm³/mol. The number of nitrogens with two attached hydrogens (primary N) is 1. The lowest BCUT2D eigenvalue weighted by atomic mass is 10.2. The lowest BCUT2D eigenvalue weighted by Crippen LogP contribution is -2.13. The molecule has 2 aromatic rings. The van der Waals surface area contributed by atoms with Crippen LogP contribution in [0.3, 0.4) is 0 Å². The molecule has 1 heterocycles. The molecule has 11 heteroatoms. The number of rotatable bonds is 4. The first-order chi connectivity index (χ1) is 9.93. The normalized spacial score (nSPS) is 10.3. The molecule has 0 fully saturated rings. The summed E-state index contributed by atoms with van der Waals surface area (Å²) in [4.78, 5) is 17.1. The van der Waals surface area contributed by atoms with Crippen molar-refractivity contribution in [3.05, 3.63) is 46.0 Å². The summed E-state index contributed by atoms with van der Waals surface area (Å²) in [5, 5.41) is 13.0. The summed E-state index contributed by atoms with van der Waals surface area (Å²) < 4.78 is 39.8. The molecule has 1 aromatic heterocycles. The van der Waals surface area contributed by atoms with Crippen molar-refractivity contribution < 1.29 is 18.1 Å². The average Bonchev–Trinajstić information content (AvgIpc) is 2.42. The first-order valence-electron chi connectivity index (χ1n) is 5.31. The van der Waals surface area contributed by atoms with E-state index in [1.807, 2.05) is 5.43 Å². The van der Waals surface area contributed by atoms with E-state index < -0.39 is 39.6 Å². The Morgan fingerprint density at radius 1 is 1.14 bits per heavy atom. The van der Waals surface area contributed by atoms with Crippen LogP contribution in [0.5, 0.6) is 0 Å². The van der Waals surface area contributed by atoms with Gasteiger partial charge in [0.05, 0.1) is 4.92 Å². The molecule has 2 rings (SSSR count). The molecule has 21 heavy (non-hydrogen) atoms. The minimum atomic E-state index is -1.28. The van der Waals surface area contributed by atoms with Gasteiger partial charge in [-0.15, -0.1) is 0 Å². The molecule has 0 atom stereocenters. The monoisotopic (exact) mass is 300 g/mol. The van der Waals surface area contributed by atoms with Gasteiger partial charge in [-0.25, -0.2) is 29.0 Å². The number of nitrogen functional groups attached to an aromatic ring is 1. The van der Waals surface area contributed by atoms with Crippen LogP contribution in [-0.2, 0) is 0 Å². The van der Waals surface area contributed by atoms with Crippen LogP contribution in [0, 0.1) is 27.6 Å². The lowest BCUT2D eigenvalue weighted by Gasteiger charge is -2.09. The van der Waals surface area contributed by atoms with E-state index in [0.717, 1.165) is 6.33 Å². The van der Waals surface area contributed by atoms with Gasteiger partial charge in [-0.3, -0.25) is 10.1 Å². The molecule has 0 saturated heterocycles. The van der Waals surface area contributed by atoms with Crippen LogP contribution in [0.2, 0.25) is 0 Å². The Labute approximate surface area is 114 Å². The van der Waals surface area contributed by atoms with E-state index >= 15 is 0 Å². The van der Waals surface area contributed by atoms with Crippen LogP contribution < -0.4 is 16.6 Å². The van der Waals surface area contributed by atoms with Crippen LogP contribution >= 0.6 is 0 Å². The van der Waals surface area contributed by atoms with Gasteiger partial charge in [0.2, 0.25) is 11.6 Å². The van der Waals surface area contributed by atoms with Gasteiger partial charge in [0.1, 0.15) is 17.8 Å². The second-order valence-electron chi connectivity index (χ2n) is 3.69. The van der Waals surface area contributed by atoms with E-state index in [0.29, 0.717) is 12.1 Å². The molecule has 0 bridgehead atoms. The van der Waals surface area contributed by atoms with Gasteiger partial charge < -0.3 is 10.7 Å². The van der Waals surface area contributed by atoms with Gasteiger partial charge in [0.25, 0.3) is 0 Å². The summed E-state index contributed by atoms with van der Waals surface area (Å²) in [6.07, 6.45) is 0.893. The number of anilines is 3. The zero-order valence-electron chi connectivity index (χ0n) is 10.1. The summed E-state index contributed by atoms with van der Waals surface area (Å²) in [6, 6.07) is 0.834. The van der Waals surface area contributed by atoms with Crippen LogP contribution in [0.4, 0.5) is 36.2 Å². The molecule has 0 aliphatic rings. The largest absolute Gasteiger partial charge is 0.354 e. The molecule has 0 unspecified atom stereocenters. The Kier molecular flexibility index (Phi) is 3.84. The number of nitro groups is 1. The van der Waals surface area contributed by atoms with E-state index in [1.165, 1.54) is 0 Å². The Bertz CT molecular complexity index is 688. The first-order valence-corrected chi connectivity index (χ1v) is 5.31. The van der Waals surface area contributed by atoms with Gasteiger partial charge in [-0.1, -0.05) is 0 Å². The maximum absolute atomic E-state index is 13.5. The number of hydrazine groups is 1.